The Balaban J connectivity index is 2.19. The van der Waals surface area contributed by atoms with Crippen molar-refractivity contribution in [2.45, 2.75) is 25.8 Å². The summed E-state index contributed by atoms with van der Waals surface area (Å²) in [5.41, 5.74) is 5.86. The van der Waals surface area contributed by atoms with E-state index < -0.39 is 0 Å². The van der Waals surface area contributed by atoms with E-state index in [1.165, 1.54) is 6.20 Å². The molecule has 2 amide bonds. The summed E-state index contributed by atoms with van der Waals surface area (Å²) in [5.74, 6) is -0.690. The third-order valence-electron chi connectivity index (χ3n) is 3.50. The second kappa shape index (κ2) is 5.69. The van der Waals surface area contributed by atoms with Gasteiger partial charge in [0.05, 0.1) is 11.5 Å². The number of carbonyl (C=O) groups excluding carboxylic acids is 2. The zero-order valence-electron chi connectivity index (χ0n) is 10.7. The number of likely N-dealkylation sites (tertiary alicyclic amines) is 1. The summed E-state index contributed by atoms with van der Waals surface area (Å²) in [6, 6.07) is 1.85. The first-order chi connectivity index (χ1) is 8.99. The fourth-order valence-electron chi connectivity index (χ4n) is 2.32. The second-order valence-corrected chi connectivity index (χ2v) is 5.79. The quantitative estimate of drug-likeness (QED) is 0.896. The van der Waals surface area contributed by atoms with Crippen LogP contribution in [0.3, 0.4) is 0 Å². The van der Waals surface area contributed by atoms with Gasteiger partial charge in [-0.2, -0.15) is 0 Å². The number of primary amides is 1. The molecule has 2 heterocycles. The molecular weight excluding hydrogens is 310 g/mol. The minimum atomic E-state index is -0.336. The topological polar surface area (TPSA) is 76.3 Å². The van der Waals surface area contributed by atoms with Crippen LogP contribution < -0.4 is 5.73 Å². The molecule has 1 fully saturated rings. The molecule has 0 bridgehead atoms. The van der Waals surface area contributed by atoms with Crippen molar-refractivity contribution in [2.24, 2.45) is 11.7 Å². The SMILES string of the molecule is C[C@@H]1CC[C@@H](C(N)=O)CN1C(=O)c1cncc(Br)c1. The van der Waals surface area contributed by atoms with Gasteiger partial charge in [0.2, 0.25) is 5.91 Å². The molecule has 1 aromatic heterocycles. The Kier molecular flexibility index (Phi) is 4.19. The average molecular weight is 326 g/mol. The summed E-state index contributed by atoms with van der Waals surface area (Å²) in [6.45, 7) is 2.38. The fraction of sp³-hybridized carbons (Fsp3) is 0.462. The van der Waals surface area contributed by atoms with Crippen molar-refractivity contribution < 1.29 is 9.59 Å². The summed E-state index contributed by atoms with van der Waals surface area (Å²) in [4.78, 5) is 29.4. The standard InChI is InChI=1S/C13H16BrN3O2/c1-8-2-3-9(12(15)18)7-17(8)13(19)10-4-11(14)6-16-5-10/h4-6,8-9H,2-3,7H2,1H3,(H2,15,18)/t8-,9-/m1/s1. The van der Waals surface area contributed by atoms with E-state index in [4.69, 9.17) is 5.73 Å². The Labute approximate surface area is 120 Å². The van der Waals surface area contributed by atoms with Gasteiger partial charge in [-0.05, 0) is 41.8 Å². The fourth-order valence-corrected chi connectivity index (χ4v) is 2.68. The van der Waals surface area contributed by atoms with Crippen LogP contribution in [0.15, 0.2) is 22.9 Å². The molecule has 19 heavy (non-hydrogen) atoms. The van der Waals surface area contributed by atoms with Crippen LogP contribution in [-0.2, 0) is 4.79 Å². The summed E-state index contributed by atoms with van der Waals surface area (Å²) in [5, 5.41) is 0. The van der Waals surface area contributed by atoms with Gasteiger partial charge < -0.3 is 10.6 Å². The lowest BCUT2D eigenvalue weighted by Gasteiger charge is -2.36. The molecule has 1 aromatic rings. The van der Waals surface area contributed by atoms with Gasteiger partial charge >= 0.3 is 0 Å². The zero-order chi connectivity index (χ0) is 14.0. The molecule has 2 atom stereocenters. The number of rotatable bonds is 2. The van der Waals surface area contributed by atoms with E-state index in [1.54, 1.807) is 17.2 Å². The molecule has 1 aliphatic rings. The van der Waals surface area contributed by atoms with Gasteiger partial charge in [0.1, 0.15) is 0 Å². The van der Waals surface area contributed by atoms with Gasteiger partial charge in [-0.1, -0.05) is 0 Å². The first kappa shape index (κ1) is 14.0. The minimum absolute atomic E-state index is 0.104. The summed E-state index contributed by atoms with van der Waals surface area (Å²) in [7, 11) is 0. The van der Waals surface area contributed by atoms with Crippen LogP contribution in [0.2, 0.25) is 0 Å². The minimum Gasteiger partial charge on any atom is -0.369 e. The second-order valence-electron chi connectivity index (χ2n) is 4.88. The zero-order valence-corrected chi connectivity index (χ0v) is 12.3. The number of pyridine rings is 1. The van der Waals surface area contributed by atoms with Crippen LogP contribution in [0, 0.1) is 5.92 Å². The van der Waals surface area contributed by atoms with Crippen molar-refractivity contribution in [1.82, 2.24) is 9.88 Å². The lowest BCUT2D eigenvalue weighted by Crippen LogP contribution is -2.48. The summed E-state index contributed by atoms with van der Waals surface area (Å²) >= 11 is 3.30. The molecule has 1 aliphatic heterocycles. The van der Waals surface area contributed by atoms with E-state index in [0.29, 0.717) is 12.1 Å². The van der Waals surface area contributed by atoms with E-state index in [9.17, 15) is 9.59 Å². The molecular formula is C13H16BrN3O2. The van der Waals surface area contributed by atoms with Crippen molar-refractivity contribution >= 4 is 27.7 Å². The first-order valence-electron chi connectivity index (χ1n) is 6.20. The molecule has 0 saturated carbocycles. The van der Waals surface area contributed by atoms with Gasteiger partial charge in [0, 0.05) is 29.5 Å². The Bertz CT molecular complexity index is 506. The Morgan fingerprint density at radius 1 is 1.42 bits per heavy atom. The number of piperidine rings is 1. The van der Waals surface area contributed by atoms with Crippen molar-refractivity contribution in [1.29, 1.82) is 0 Å². The molecule has 0 spiro atoms. The number of aromatic nitrogens is 1. The highest BCUT2D eigenvalue weighted by molar-refractivity contribution is 9.10. The molecule has 0 aliphatic carbocycles. The van der Waals surface area contributed by atoms with Crippen molar-refractivity contribution in [3.05, 3.63) is 28.5 Å². The maximum atomic E-state index is 12.4. The van der Waals surface area contributed by atoms with Gasteiger partial charge in [-0.25, -0.2) is 0 Å². The summed E-state index contributed by atoms with van der Waals surface area (Å²) < 4.78 is 0.759. The molecule has 0 aromatic carbocycles. The van der Waals surface area contributed by atoms with Crippen LogP contribution in [-0.4, -0.2) is 34.3 Å². The Hall–Kier alpha value is -1.43. The third kappa shape index (κ3) is 3.12. The lowest BCUT2D eigenvalue weighted by atomic mass is 9.92. The highest BCUT2D eigenvalue weighted by atomic mass is 79.9. The van der Waals surface area contributed by atoms with Crippen LogP contribution in [0.5, 0.6) is 0 Å². The normalized spacial score (nSPS) is 23.2. The number of nitrogens with zero attached hydrogens (tertiary/aromatic N) is 2. The predicted octanol–water partition coefficient (Wildman–Crippen LogP) is 1.57. The maximum absolute atomic E-state index is 12.4. The van der Waals surface area contributed by atoms with Crippen molar-refractivity contribution in [3.63, 3.8) is 0 Å². The van der Waals surface area contributed by atoms with Gasteiger partial charge in [0.25, 0.3) is 5.91 Å². The van der Waals surface area contributed by atoms with Gasteiger partial charge in [-0.3, -0.25) is 14.6 Å². The molecule has 5 nitrogen and oxygen atoms in total. The number of amides is 2. The number of carbonyl (C=O) groups is 2. The first-order valence-corrected chi connectivity index (χ1v) is 6.99. The lowest BCUT2D eigenvalue weighted by molar-refractivity contribution is -0.123. The summed E-state index contributed by atoms with van der Waals surface area (Å²) in [6.07, 6.45) is 4.70. The smallest absolute Gasteiger partial charge is 0.255 e. The molecule has 2 rings (SSSR count). The van der Waals surface area contributed by atoms with E-state index >= 15 is 0 Å². The molecule has 2 N–H and O–H groups in total. The third-order valence-corrected chi connectivity index (χ3v) is 3.93. The average Bonchev–Trinajstić information content (AvgIpc) is 2.38. The van der Waals surface area contributed by atoms with Gasteiger partial charge in [-0.15, -0.1) is 0 Å². The maximum Gasteiger partial charge on any atom is 0.255 e. The number of hydrogen-bond donors (Lipinski definition) is 1. The monoisotopic (exact) mass is 325 g/mol. The van der Waals surface area contributed by atoms with Gasteiger partial charge in [0.15, 0.2) is 0 Å². The van der Waals surface area contributed by atoms with Crippen molar-refractivity contribution in [3.8, 4) is 0 Å². The van der Waals surface area contributed by atoms with E-state index in [0.717, 1.165) is 17.3 Å². The van der Waals surface area contributed by atoms with Crippen LogP contribution >= 0.6 is 15.9 Å². The van der Waals surface area contributed by atoms with Crippen molar-refractivity contribution in [2.75, 3.05) is 6.54 Å². The number of hydrogen-bond acceptors (Lipinski definition) is 3. The molecule has 102 valence electrons. The number of halogens is 1. The van der Waals surface area contributed by atoms with E-state index in [1.807, 2.05) is 6.92 Å². The van der Waals surface area contributed by atoms with E-state index in [2.05, 4.69) is 20.9 Å². The van der Waals surface area contributed by atoms with Crippen LogP contribution in [0.4, 0.5) is 0 Å². The van der Waals surface area contributed by atoms with Crippen LogP contribution in [0.25, 0.3) is 0 Å². The number of nitrogens with two attached hydrogens (primary N) is 1. The highest BCUT2D eigenvalue weighted by Gasteiger charge is 2.32. The Morgan fingerprint density at radius 2 is 2.16 bits per heavy atom. The van der Waals surface area contributed by atoms with E-state index in [-0.39, 0.29) is 23.8 Å². The Morgan fingerprint density at radius 3 is 2.79 bits per heavy atom. The van der Waals surface area contributed by atoms with Crippen LogP contribution in [0.1, 0.15) is 30.1 Å². The molecule has 0 radical (unpaired) electrons. The molecule has 6 heteroatoms. The molecule has 0 unspecified atom stereocenters. The molecule has 1 saturated heterocycles. The predicted molar refractivity (Wildman–Crippen MR) is 74.4 cm³/mol. The highest BCUT2D eigenvalue weighted by Crippen LogP contribution is 2.24. The largest absolute Gasteiger partial charge is 0.369 e.